The van der Waals surface area contributed by atoms with Crippen LogP contribution in [0, 0.1) is 0 Å². The van der Waals surface area contributed by atoms with Gasteiger partial charge in [-0.1, -0.05) is 367 Å². The van der Waals surface area contributed by atoms with Crippen molar-refractivity contribution < 1.29 is 20.1 Å². The highest BCUT2D eigenvalue weighted by Gasteiger charge is 2.26. The third-order valence-corrected chi connectivity index (χ3v) is 16.0. The molecule has 0 bridgehead atoms. The first-order chi connectivity index (χ1) is 34.6. The average Bonchev–Trinajstić information content (AvgIpc) is 3.36. The maximum Gasteiger partial charge on any atom is 0.220 e. The van der Waals surface area contributed by atoms with Gasteiger partial charge in [0.1, 0.15) is 6.10 Å². The van der Waals surface area contributed by atoms with E-state index in [4.69, 9.17) is 0 Å². The van der Waals surface area contributed by atoms with E-state index in [9.17, 15) is 20.1 Å². The topological polar surface area (TPSA) is 89.8 Å². The van der Waals surface area contributed by atoms with Crippen molar-refractivity contribution in [1.82, 2.24) is 5.32 Å². The fourth-order valence-electron chi connectivity index (χ4n) is 10.9. The van der Waals surface area contributed by atoms with Crippen LogP contribution in [-0.2, 0) is 4.79 Å². The van der Waals surface area contributed by atoms with Crippen LogP contribution in [0.15, 0.2) is 0 Å². The molecule has 4 N–H and O–H groups in total. The third-order valence-electron chi connectivity index (χ3n) is 16.0. The zero-order valence-electron chi connectivity index (χ0n) is 48.2. The first-order valence-corrected chi connectivity index (χ1v) is 32.8. The van der Waals surface area contributed by atoms with E-state index >= 15 is 0 Å². The molecule has 0 aromatic carbocycles. The summed E-state index contributed by atoms with van der Waals surface area (Å²) in [4.78, 5) is 12.6. The van der Waals surface area contributed by atoms with E-state index in [0.29, 0.717) is 12.8 Å². The molecule has 420 valence electrons. The fraction of sp³-hybridized carbons (Fsp3) is 0.985. The monoisotopic (exact) mass is 990 g/mol. The zero-order chi connectivity index (χ0) is 50.7. The predicted molar refractivity (Wildman–Crippen MR) is 310 cm³/mol. The molecule has 0 aliphatic rings. The van der Waals surface area contributed by atoms with Crippen molar-refractivity contribution in [2.24, 2.45) is 0 Å². The minimum atomic E-state index is -1.13. The molecule has 0 aliphatic heterocycles. The number of carbonyl (C=O) groups is 1. The van der Waals surface area contributed by atoms with Crippen LogP contribution in [0.3, 0.4) is 0 Å². The van der Waals surface area contributed by atoms with E-state index < -0.39 is 18.2 Å². The van der Waals surface area contributed by atoms with Crippen LogP contribution in [0.4, 0.5) is 0 Å². The SMILES string of the molecule is CCCCCCCCCCCCCCCCCCCCCCCCCCCCCCCCCCCCCC(=O)NC(CO)C(O)C(O)CCCCCCCCCCCCCCCCCCCCCCC. The summed E-state index contributed by atoms with van der Waals surface area (Å²) in [5, 5.41) is 33.9. The Labute approximate surface area is 440 Å². The molecule has 0 spiro atoms. The van der Waals surface area contributed by atoms with Gasteiger partial charge >= 0.3 is 0 Å². The van der Waals surface area contributed by atoms with E-state index in [-0.39, 0.29) is 12.5 Å². The van der Waals surface area contributed by atoms with Crippen LogP contribution in [0.25, 0.3) is 0 Å². The largest absolute Gasteiger partial charge is 0.394 e. The van der Waals surface area contributed by atoms with E-state index in [0.717, 1.165) is 32.1 Å². The number of unbranched alkanes of at least 4 members (excludes halogenated alkanes) is 54. The Balaban J connectivity index is 3.42. The van der Waals surface area contributed by atoms with Gasteiger partial charge in [0.15, 0.2) is 0 Å². The first kappa shape index (κ1) is 69.3. The van der Waals surface area contributed by atoms with Crippen molar-refractivity contribution in [2.45, 2.75) is 405 Å². The average molecular weight is 991 g/mol. The van der Waals surface area contributed by atoms with Gasteiger partial charge in [0.25, 0.3) is 0 Å². The summed E-state index contributed by atoms with van der Waals surface area (Å²) in [5.41, 5.74) is 0. The van der Waals surface area contributed by atoms with Gasteiger partial charge in [0.2, 0.25) is 5.91 Å². The molecular weight excluding hydrogens is 859 g/mol. The van der Waals surface area contributed by atoms with E-state index in [1.54, 1.807) is 0 Å². The molecule has 3 unspecified atom stereocenters. The van der Waals surface area contributed by atoms with Crippen molar-refractivity contribution in [3.63, 3.8) is 0 Å². The van der Waals surface area contributed by atoms with Crippen LogP contribution >= 0.6 is 0 Å². The fourth-order valence-corrected chi connectivity index (χ4v) is 10.9. The Bertz CT molecular complexity index is 960. The van der Waals surface area contributed by atoms with E-state index in [1.165, 1.54) is 327 Å². The number of aliphatic hydroxyl groups is 3. The molecule has 0 saturated heterocycles. The van der Waals surface area contributed by atoms with Crippen molar-refractivity contribution in [2.75, 3.05) is 6.61 Å². The standard InChI is InChI=1S/C65H131NO4/c1-3-5-7-9-11-13-15-17-19-21-23-25-26-27-28-29-30-31-32-33-34-35-36-37-38-40-42-44-46-48-50-52-54-56-58-60-64(69)66-62(61-67)65(70)63(68)59-57-55-53-51-49-47-45-43-41-39-24-22-20-18-16-14-12-10-8-6-4-2/h62-63,65,67-68,70H,3-61H2,1-2H3,(H,66,69). The lowest BCUT2D eigenvalue weighted by Gasteiger charge is -2.26. The molecular formula is C65H131NO4. The molecule has 0 fully saturated rings. The molecule has 0 radical (unpaired) electrons. The zero-order valence-corrected chi connectivity index (χ0v) is 48.2. The van der Waals surface area contributed by atoms with Gasteiger partial charge in [-0.05, 0) is 12.8 Å². The second-order valence-corrected chi connectivity index (χ2v) is 23.0. The van der Waals surface area contributed by atoms with Crippen molar-refractivity contribution in [3.05, 3.63) is 0 Å². The summed E-state index contributed by atoms with van der Waals surface area (Å²) >= 11 is 0. The van der Waals surface area contributed by atoms with Gasteiger partial charge in [-0.15, -0.1) is 0 Å². The summed E-state index contributed by atoms with van der Waals surface area (Å²) in [5.74, 6) is -0.134. The maximum atomic E-state index is 12.6. The molecule has 0 aromatic rings. The van der Waals surface area contributed by atoms with Gasteiger partial charge in [0, 0.05) is 6.42 Å². The Morgan fingerprint density at radius 2 is 0.486 bits per heavy atom. The number of nitrogens with one attached hydrogen (secondary N) is 1. The molecule has 5 heteroatoms. The number of hydrogen-bond donors (Lipinski definition) is 4. The predicted octanol–water partition coefficient (Wildman–Crippen LogP) is 20.9. The smallest absolute Gasteiger partial charge is 0.220 e. The highest BCUT2D eigenvalue weighted by atomic mass is 16.3. The Morgan fingerprint density at radius 3 is 0.686 bits per heavy atom. The van der Waals surface area contributed by atoms with Gasteiger partial charge in [-0.2, -0.15) is 0 Å². The quantitative estimate of drug-likeness (QED) is 0.0457. The second kappa shape index (κ2) is 60.9. The van der Waals surface area contributed by atoms with Crippen molar-refractivity contribution in [3.8, 4) is 0 Å². The number of amides is 1. The van der Waals surface area contributed by atoms with Crippen LogP contribution in [0.5, 0.6) is 0 Å². The molecule has 70 heavy (non-hydrogen) atoms. The number of aliphatic hydroxyl groups excluding tert-OH is 3. The van der Waals surface area contributed by atoms with Crippen LogP contribution in [0.2, 0.25) is 0 Å². The molecule has 0 saturated carbocycles. The first-order valence-electron chi connectivity index (χ1n) is 32.8. The molecule has 0 aromatic heterocycles. The minimum absolute atomic E-state index is 0.134. The summed E-state index contributed by atoms with van der Waals surface area (Å²) in [6.45, 7) is 4.24. The minimum Gasteiger partial charge on any atom is -0.394 e. The highest BCUT2D eigenvalue weighted by Crippen LogP contribution is 2.20. The normalized spacial score (nSPS) is 13.0. The van der Waals surface area contributed by atoms with Crippen molar-refractivity contribution >= 4 is 5.91 Å². The number of hydrogen-bond acceptors (Lipinski definition) is 4. The molecule has 1 amide bonds. The summed E-state index contributed by atoms with van der Waals surface area (Å²) in [6, 6.07) is -0.805. The van der Waals surface area contributed by atoms with E-state index in [1.807, 2.05) is 0 Å². The Kier molecular flexibility index (Phi) is 60.3. The molecule has 0 aliphatic carbocycles. The molecule has 3 atom stereocenters. The number of carbonyl (C=O) groups excluding carboxylic acids is 1. The van der Waals surface area contributed by atoms with Crippen LogP contribution in [-0.4, -0.2) is 46.1 Å². The van der Waals surface area contributed by atoms with Crippen LogP contribution in [0.1, 0.15) is 386 Å². The molecule has 5 nitrogen and oxygen atoms in total. The van der Waals surface area contributed by atoms with Crippen LogP contribution < -0.4 is 5.32 Å². The lowest BCUT2D eigenvalue weighted by molar-refractivity contribution is -0.124. The van der Waals surface area contributed by atoms with Gasteiger partial charge in [0.05, 0.1) is 18.8 Å². The molecule has 0 heterocycles. The lowest BCUT2D eigenvalue weighted by Crippen LogP contribution is -2.50. The van der Waals surface area contributed by atoms with Gasteiger partial charge in [-0.25, -0.2) is 0 Å². The summed E-state index contributed by atoms with van der Waals surface area (Å²) in [6.07, 6.45) is 75.9. The van der Waals surface area contributed by atoms with Gasteiger partial charge < -0.3 is 20.6 Å². The van der Waals surface area contributed by atoms with E-state index in [2.05, 4.69) is 19.2 Å². The summed E-state index contributed by atoms with van der Waals surface area (Å²) < 4.78 is 0. The summed E-state index contributed by atoms with van der Waals surface area (Å²) in [7, 11) is 0. The lowest BCUT2D eigenvalue weighted by atomic mass is 9.99. The third kappa shape index (κ3) is 55.1. The highest BCUT2D eigenvalue weighted by molar-refractivity contribution is 5.76. The van der Waals surface area contributed by atoms with Crippen molar-refractivity contribution in [1.29, 1.82) is 0 Å². The number of rotatable bonds is 62. The second-order valence-electron chi connectivity index (χ2n) is 23.0. The Hall–Kier alpha value is -0.650. The molecule has 0 rings (SSSR count). The maximum absolute atomic E-state index is 12.6. The van der Waals surface area contributed by atoms with Gasteiger partial charge in [-0.3, -0.25) is 4.79 Å². The Morgan fingerprint density at radius 1 is 0.300 bits per heavy atom.